The van der Waals surface area contributed by atoms with Crippen molar-refractivity contribution in [3.8, 4) is 0 Å². The number of hydrogen-bond acceptors (Lipinski definition) is 0. The summed E-state index contributed by atoms with van der Waals surface area (Å²) >= 11 is 0. The van der Waals surface area contributed by atoms with Crippen molar-refractivity contribution in [1.29, 1.82) is 0 Å². The van der Waals surface area contributed by atoms with Gasteiger partial charge in [0.1, 0.15) is 0 Å². The first kappa shape index (κ1) is 18.9. The molecule has 0 N–H and O–H groups in total. The van der Waals surface area contributed by atoms with Gasteiger partial charge in [-0.25, -0.2) is 0 Å². The number of benzene rings is 1. The molecule has 82 valence electrons. The second-order valence-electron chi connectivity index (χ2n) is 2.02. The SMILES string of the molecule is C=C.C=C.C=CC.C=Cc1ccccc1. The molecule has 0 aliphatic heterocycles. The Morgan fingerprint density at radius 3 is 1.40 bits per heavy atom. The summed E-state index contributed by atoms with van der Waals surface area (Å²) in [5, 5.41) is 0. The smallest absolute Gasteiger partial charge is 0.0263 e. The largest absolute Gasteiger partial charge is 0.106 e. The highest BCUT2D eigenvalue weighted by Gasteiger charge is 1.75. The molecule has 0 heterocycles. The molecule has 0 fully saturated rings. The van der Waals surface area contributed by atoms with E-state index in [2.05, 4.69) is 39.5 Å². The molecule has 0 unspecified atom stereocenters. The van der Waals surface area contributed by atoms with E-state index in [9.17, 15) is 0 Å². The van der Waals surface area contributed by atoms with E-state index >= 15 is 0 Å². The van der Waals surface area contributed by atoms with E-state index in [0.717, 1.165) is 0 Å². The van der Waals surface area contributed by atoms with Crippen LogP contribution in [0.15, 0.2) is 75.9 Å². The fourth-order valence-electron chi connectivity index (χ4n) is 0.589. The van der Waals surface area contributed by atoms with Gasteiger partial charge in [0, 0.05) is 0 Å². The molecule has 0 spiro atoms. The van der Waals surface area contributed by atoms with Gasteiger partial charge in [-0.2, -0.15) is 0 Å². The molecule has 1 aromatic carbocycles. The predicted molar refractivity (Wildman–Crippen MR) is 74.9 cm³/mol. The summed E-state index contributed by atoms with van der Waals surface area (Å²) in [7, 11) is 0. The average molecular weight is 202 g/mol. The van der Waals surface area contributed by atoms with Gasteiger partial charge in [0.15, 0.2) is 0 Å². The summed E-state index contributed by atoms with van der Waals surface area (Å²) in [5.74, 6) is 0. The lowest BCUT2D eigenvalue weighted by molar-refractivity contribution is 1.67. The molecule has 0 amide bonds. The third kappa shape index (κ3) is 18.9. The maximum atomic E-state index is 3.63. The van der Waals surface area contributed by atoms with Crippen LogP contribution in [0.4, 0.5) is 0 Å². The van der Waals surface area contributed by atoms with Crippen molar-refractivity contribution in [3.05, 3.63) is 81.4 Å². The molecule has 0 bridgehead atoms. The van der Waals surface area contributed by atoms with Crippen LogP contribution in [-0.2, 0) is 0 Å². The first-order chi connectivity index (χ1) is 7.35. The summed E-state index contributed by atoms with van der Waals surface area (Å²) in [6.45, 7) is 20.9. The summed E-state index contributed by atoms with van der Waals surface area (Å²) in [6, 6.07) is 10.0. The Morgan fingerprint density at radius 2 is 1.20 bits per heavy atom. The lowest BCUT2D eigenvalue weighted by Gasteiger charge is -1.85. The maximum absolute atomic E-state index is 3.63. The van der Waals surface area contributed by atoms with Crippen LogP contribution in [-0.4, -0.2) is 0 Å². The zero-order valence-corrected chi connectivity index (χ0v) is 9.78. The standard InChI is InChI=1S/C8H8.C3H6.2C2H4/c1-2-8-6-4-3-5-7-8;1-3-2;2*1-2/h2-7H,1H2;3H,1H2,2H3;2*1-2H2. The van der Waals surface area contributed by atoms with Gasteiger partial charge in [0.05, 0.1) is 0 Å². The molecule has 1 rings (SSSR count). The van der Waals surface area contributed by atoms with E-state index in [-0.39, 0.29) is 0 Å². The van der Waals surface area contributed by atoms with Crippen LogP contribution in [0.1, 0.15) is 12.5 Å². The van der Waals surface area contributed by atoms with Gasteiger partial charge in [-0.05, 0) is 12.5 Å². The van der Waals surface area contributed by atoms with Crippen LogP contribution in [0.25, 0.3) is 6.08 Å². The van der Waals surface area contributed by atoms with Crippen molar-refractivity contribution in [2.45, 2.75) is 6.92 Å². The Labute approximate surface area is 95.0 Å². The summed E-state index contributed by atoms with van der Waals surface area (Å²) in [4.78, 5) is 0. The van der Waals surface area contributed by atoms with Crippen LogP contribution in [0.2, 0.25) is 0 Å². The van der Waals surface area contributed by atoms with Crippen LogP contribution in [0.5, 0.6) is 0 Å². The second-order valence-corrected chi connectivity index (χ2v) is 2.02. The molecule has 0 aromatic heterocycles. The molecule has 0 nitrogen and oxygen atoms in total. The second kappa shape index (κ2) is 22.8. The van der Waals surface area contributed by atoms with Crippen molar-refractivity contribution in [3.63, 3.8) is 0 Å². The highest BCUT2D eigenvalue weighted by Crippen LogP contribution is 1.97. The Balaban J connectivity index is -0.000000176. The molecule has 15 heavy (non-hydrogen) atoms. The van der Waals surface area contributed by atoms with Crippen molar-refractivity contribution in [2.24, 2.45) is 0 Å². The molecule has 0 atom stereocenters. The van der Waals surface area contributed by atoms with E-state index in [4.69, 9.17) is 0 Å². The Bertz CT molecular complexity index is 219. The molecular weight excluding hydrogens is 180 g/mol. The van der Waals surface area contributed by atoms with Gasteiger partial charge >= 0.3 is 0 Å². The molecule has 0 saturated heterocycles. The summed E-state index contributed by atoms with van der Waals surface area (Å²) in [6.07, 6.45) is 3.58. The molecule has 0 heteroatoms. The minimum absolute atomic E-state index is 1.17. The zero-order valence-electron chi connectivity index (χ0n) is 9.78. The van der Waals surface area contributed by atoms with E-state index < -0.39 is 0 Å². The quantitative estimate of drug-likeness (QED) is 0.554. The summed E-state index contributed by atoms with van der Waals surface area (Å²) < 4.78 is 0. The van der Waals surface area contributed by atoms with Crippen molar-refractivity contribution in [2.75, 3.05) is 0 Å². The van der Waals surface area contributed by atoms with Gasteiger partial charge in [0.25, 0.3) is 0 Å². The van der Waals surface area contributed by atoms with Crippen LogP contribution in [0, 0.1) is 0 Å². The van der Waals surface area contributed by atoms with Crippen molar-refractivity contribution in [1.82, 2.24) is 0 Å². The van der Waals surface area contributed by atoms with Crippen LogP contribution >= 0.6 is 0 Å². The Kier molecular flexibility index (Phi) is 28.6. The molecule has 1 aromatic rings. The lowest BCUT2D eigenvalue weighted by atomic mass is 10.2. The van der Waals surface area contributed by atoms with E-state index in [0.29, 0.717) is 0 Å². The van der Waals surface area contributed by atoms with Gasteiger partial charge in [-0.1, -0.05) is 49.1 Å². The molecule has 0 saturated carbocycles. The first-order valence-electron chi connectivity index (χ1n) is 4.59. The molecule has 0 radical (unpaired) electrons. The fourth-order valence-corrected chi connectivity index (χ4v) is 0.589. The van der Waals surface area contributed by atoms with Gasteiger partial charge in [-0.15, -0.1) is 32.9 Å². The number of allylic oxidation sites excluding steroid dienone is 1. The van der Waals surface area contributed by atoms with Gasteiger partial charge in [-0.3, -0.25) is 0 Å². The third-order valence-electron chi connectivity index (χ3n) is 1.04. The monoisotopic (exact) mass is 202 g/mol. The summed E-state index contributed by atoms with van der Waals surface area (Å²) in [5.41, 5.74) is 1.17. The van der Waals surface area contributed by atoms with Gasteiger partial charge < -0.3 is 0 Å². The highest BCUT2D eigenvalue weighted by molar-refractivity contribution is 5.45. The Morgan fingerprint density at radius 1 is 0.867 bits per heavy atom. The Hall–Kier alpha value is -1.82. The number of hydrogen-bond donors (Lipinski definition) is 0. The minimum Gasteiger partial charge on any atom is -0.106 e. The first-order valence-corrected chi connectivity index (χ1v) is 4.59. The fraction of sp³-hybridized carbons (Fsp3) is 0.0667. The van der Waals surface area contributed by atoms with E-state index in [1.165, 1.54) is 5.56 Å². The average Bonchev–Trinajstić information content (AvgIpc) is 2.36. The minimum atomic E-state index is 1.17. The number of rotatable bonds is 1. The zero-order chi connectivity index (χ0) is 12.5. The van der Waals surface area contributed by atoms with Crippen molar-refractivity contribution >= 4 is 6.08 Å². The molecule has 0 aliphatic rings. The highest BCUT2D eigenvalue weighted by atomic mass is 13.8. The molecular formula is C15H22. The predicted octanol–water partition coefficient (Wildman–Crippen LogP) is 5.13. The topological polar surface area (TPSA) is 0 Å². The normalized spacial score (nSPS) is 5.93. The van der Waals surface area contributed by atoms with Gasteiger partial charge in [0.2, 0.25) is 0 Å². The van der Waals surface area contributed by atoms with Crippen LogP contribution < -0.4 is 0 Å². The maximum Gasteiger partial charge on any atom is -0.0263 e. The van der Waals surface area contributed by atoms with E-state index in [1.54, 1.807) is 6.08 Å². The third-order valence-corrected chi connectivity index (χ3v) is 1.04. The van der Waals surface area contributed by atoms with Crippen LogP contribution in [0.3, 0.4) is 0 Å². The lowest BCUT2D eigenvalue weighted by Crippen LogP contribution is -1.63. The molecule has 0 aliphatic carbocycles. The van der Waals surface area contributed by atoms with E-state index in [1.807, 2.05) is 43.3 Å². The van der Waals surface area contributed by atoms with Crippen molar-refractivity contribution < 1.29 is 0 Å².